The first-order chi connectivity index (χ1) is 9.91. The molecular weight excluding hydrogens is 244 g/mol. The minimum absolute atomic E-state index is 1.21. The van der Waals surface area contributed by atoms with Crippen LogP contribution >= 0.6 is 0 Å². The first-order valence-electron chi connectivity index (χ1n) is 9.33. The van der Waals surface area contributed by atoms with Gasteiger partial charge in [0.15, 0.2) is 0 Å². The Bertz CT molecular complexity index is 141. The molecule has 0 spiro atoms. The van der Waals surface area contributed by atoms with Crippen LogP contribution in [0.25, 0.3) is 0 Å². The van der Waals surface area contributed by atoms with Crippen LogP contribution in [0.5, 0.6) is 0 Å². The molecule has 0 amide bonds. The van der Waals surface area contributed by atoms with E-state index in [2.05, 4.69) is 24.5 Å². The second-order valence-corrected chi connectivity index (χ2v) is 6.04. The third kappa shape index (κ3) is 17.9. The Morgan fingerprint density at radius 1 is 0.400 bits per heavy atom. The Labute approximate surface area is 128 Å². The summed E-state index contributed by atoms with van der Waals surface area (Å²) in [5.74, 6) is 0. The van der Waals surface area contributed by atoms with Crippen LogP contribution in [-0.2, 0) is 0 Å². The molecule has 2 heteroatoms. The summed E-state index contributed by atoms with van der Waals surface area (Å²) in [5.41, 5.74) is 0. The molecular formula is C18H40N2. The van der Waals surface area contributed by atoms with Gasteiger partial charge in [0, 0.05) is 0 Å². The largest absolute Gasteiger partial charge is 0.317 e. The van der Waals surface area contributed by atoms with Gasteiger partial charge in [-0.3, -0.25) is 0 Å². The molecule has 0 rings (SSSR count). The Morgan fingerprint density at radius 3 is 1.20 bits per heavy atom. The van der Waals surface area contributed by atoms with Gasteiger partial charge < -0.3 is 10.6 Å². The molecule has 2 nitrogen and oxygen atoms in total. The summed E-state index contributed by atoms with van der Waals surface area (Å²) >= 11 is 0. The summed E-state index contributed by atoms with van der Waals surface area (Å²) in [6, 6.07) is 0. The molecule has 0 fully saturated rings. The van der Waals surface area contributed by atoms with E-state index in [0.717, 1.165) is 0 Å². The van der Waals surface area contributed by atoms with Crippen LogP contribution in [0.2, 0.25) is 0 Å². The molecule has 2 N–H and O–H groups in total. The number of rotatable bonds is 17. The highest BCUT2D eigenvalue weighted by Gasteiger charge is 1.93. The maximum absolute atomic E-state index is 3.55. The normalized spacial score (nSPS) is 11.1. The molecule has 0 bridgehead atoms. The maximum Gasteiger partial charge on any atom is -0.00489 e. The van der Waals surface area contributed by atoms with Crippen molar-refractivity contribution in [1.82, 2.24) is 10.6 Å². The van der Waals surface area contributed by atoms with E-state index in [0.29, 0.717) is 0 Å². The predicted molar refractivity (Wildman–Crippen MR) is 92.5 cm³/mol. The number of hydrogen-bond acceptors (Lipinski definition) is 2. The highest BCUT2D eigenvalue weighted by Crippen LogP contribution is 2.06. The van der Waals surface area contributed by atoms with Gasteiger partial charge in [-0.2, -0.15) is 0 Å². The number of hydrogen-bond donors (Lipinski definition) is 2. The van der Waals surface area contributed by atoms with Gasteiger partial charge >= 0.3 is 0 Å². The molecule has 20 heavy (non-hydrogen) atoms. The van der Waals surface area contributed by atoms with Crippen LogP contribution < -0.4 is 10.6 Å². The van der Waals surface area contributed by atoms with Crippen LogP contribution in [0.3, 0.4) is 0 Å². The lowest BCUT2D eigenvalue weighted by Crippen LogP contribution is -2.16. The van der Waals surface area contributed by atoms with E-state index in [-0.39, 0.29) is 0 Å². The zero-order valence-electron chi connectivity index (χ0n) is 14.3. The molecule has 0 aliphatic heterocycles. The second kappa shape index (κ2) is 18.9. The average Bonchev–Trinajstić information content (AvgIpc) is 2.47. The van der Waals surface area contributed by atoms with E-state index in [1.807, 2.05) is 0 Å². The Balaban J connectivity index is 2.89. The Morgan fingerprint density at radius 2 is 0.750 bits per heavy atom. The first kappa shape index (κ1) is 19.9. The molecule has 122 valence electrons. The summed E-state index contributed by atoms with van der Waals surface area (Å²) in [7, 11) is 0. The fourth-order valence-electron chi connectivity index (χ4n) is 2.44. The van der Waals surface area contributed by atoms with Crippen molar-refractivity contribution < 1.29 is 0 Å². The van der Waals surface area contributed by atoms with E-state index >= 15 is 0 Å². The van der Waals surface area contributed by atoms with Gasteiger partial charge in [-0.25, -0.2) is 0 Å². The second-order valence-electron chi connectivity index (χ2n) is 6.04. The molecule has 0 heterocycles. The predicted octanol–water partition coefficient (Wildman–Crippen LogP) is 4.89. The van der Waals surface area contributed by atoms with Crippen molar-refractivity contribution >= 4 is 0 Å². The van der Waals surface area contributed by atoms with Crippen LogP contribution in [0.4, 0.5) is 0 Å². The van der Waals surface area contributed by atoms with Crippen LogP contribution in [0, 0.1) is 0 Å². The van der Waals surface area contributed by atoms with Crippen molar-refractivity contribution in [3.05, 3.63) is 0 Å². The van der Waals surface area contributed by atoms with Gasteiger partial charge in [0.2, 0.25) is 0 Å². The molecule has 0 saturated carbocycles. The standard InChI is InChI=1S/C18H40N2/c1-3-5-12-16-20-18-14-11-9-7-8-10-13-17-19-15-6-4-2/h19-20H,3-18H2,1-2H3. The molecule has 0 aliphatic rings. The van der Waals surface area contributed by atoms with Gasteiger partial charge in [-0.1, -0.05) is 65.2 Å². The van der Waals surface area contributed by atoms with E-state index < -0.39 is 0 Å². The quantitative estimate of drug-likeness (QED) is 0.372. The Hall–Kier alpha value is -0.0800. The van der Waals surface area contributed by atoms with Gasteiger partial charge in [0.1, 0.15) is 0 Å². The molecule has 0 saturated heterocycles. The van der Waals surface area contributed by atoms with E-state index in [9.17, 15) is 0 Å². The fraction of sp³-hybridized carbons (Fsp3) is 1.00. The van der Waals surface area contributed by atoms with Gasteiger partial charge in [-0.15, -0.1) is 0 Å². The smallest absolute Gasteiger partial charge is 0.00489 e. The zero-order chi connectivity index (χ0) is 14.7. The van der Waals surface area contributed by atoms with E-state index in [1.165, 1.54) is 103 Å². The third-order valence-corrected chi connectivity index (χ3v) is 3.87. The molecule has 0 aromatic rings. The monoisotopic (exact) mass is 284 g/mol. The van der Waals surface area contributed by atoms with E-state index in [1.54, 1.807) is 0 Å². The maximum atomic E-state index is 3.55. The lowest BCUT2D eigenvalue weighted by Gasteiger charge is -2.05. The number of nitrogens with one attached hydrogen (secondary N) is 2. The highest BCUT2D eigenvalue weighted by atomic mass is 14.8. The molecule has 0 unspecified atom stereocenters. The summed E-state index contributed by atoms with van der Waals surface area (Å²) in [4.78, 5) is 0. The number of unbranched alkanes of at least 4 members (excludes halogenated alkanes) is 9. The van der Waals surface area contributed by atoms with Crippen molar-refractivity contribution in [2.75, 3.05) is 26.2 Å². The van der Waals surface area contributed by atoms with E-state index in [4.69, 9.17) is 0 Å². The summed E-state index contributed by atoms with van der Waals surface area (Å²) in [6.45, 7) is 9.40. The lowest BCUT2D eigenvalue weighted by atomic mass is 10.1. The van der Waals surface area contributed by atoms with Gasteiger partial charge in [0.05, 0.1) is 0 Å². The van der Waals surface area contributed by atoms with Crippen molar-refractivity contribution in [2.45, 2.75) is 90.9 Å². The molecule has 0 aliphatic carbocycles. The third-order valence-electron chi connectivity index (χ3n) is 3.87. The lowest BCUT2D eigenvalue weighted by molar-refractivity contribution is 0.536. The molecule has 0 aromatic heterocycles. The van der Waals surface area contributed by atoms with Gasteiger partial charge in [-0.05, 0) is 51.9 Å². The summed E-state index contributed by atoms with van der Waals surface area (Å²) < 4.78 is 0. The van der Waals surface area contributed by atoms with Crippen molar-refractivity contribution in [1.29, 1.82) is 0 Å². The molecule has 0 radical (unpaired) electrons. The van der Waals surface area contributed by atoms with Crippen LogP contribution in [0.15, 0.2) is 0 Å². The summed E-state index contributed by atoms with van der Waals surface area (Å²) in [5, 5.41) is 7.07. The van der Waals surface area contributed by atoms with Gasteiger partial charge in [0.25, 0.3) is 0 Å². The van der Waals surface area contributed by atoms with Crippen molar-refractivity contribution in [3.8, 4) is 0 Å². The zero-order valence-corrected chi connectivity index (χ0v) is 14.3. The highest BCUT2D eigenvalue weighted by molar-refractivity contribution is 4.52. The fourth-order valence-corrected chi connectivity index (χ4v) is 2.44. The molecule has 0 atom stereocenters. The van der Waals surface area contributed by atoms with Crippen molar-refractivity contribution in [2.24, 2.45) is 0 Å². The van der Waals surface area contributed by atoms with Crippen LogP contribution in [0.1, 0.15) is 90.9 Å². The average molecular weight is 285 g/mol. The summed E-state index contributed by atoms with van der Waals surface area (Å²) in [6.07, 6.45) is 16.5. The minimum Gasteiger partial charge on any atom is -0.317 e. The minimum atomic E-state index is 1.21. The molecule has 0 aromatic carbocycles. The van der Waals surface area contributed by atoms with Crippen LogP contribution in [-0.4, -0.2) is 26.2 Å². The topological polar surface area (TPSA) is 24.1 Å². The SMILES string of the molecule is CCCCCNCCCCCCCCCNCCCC. The van der Waals surface area contributed by atoms with Crippen molar-refractivity contribution in [3.63, 3.8) is 0 Å². The first-order valence-corrected chi connectivity index (χ1v) is 9.33. The Kier molecular flexibility index (Phi) is 18.8.